The predicted molar refractivity (Wildman–Crippen MR) is 79.4 cm³/mol. The minimum atomic E-state index is -3.86. The molecule has 0 aliphatic heterocycles. The van der Waals surface area contributed by atoms with Gasteiger partial charge in [-0.05, 0) is 24.6 Å². The van der Waals surface area contributed by atoms with Crippen LogP contribution in [0.2, 0.25) is 0 Å². The van der Waals surface area contributed by atoms with Crippen molar-refractivity contribution < 1.29 is 23.1 Å². The third-order valence-electron chi connectivity index (χ3n) is 2.41. The summed E-state index contributed by atoms with van der Waals surface area (Å²) in [4.78, 5) is 11.0. The van der Waals surface area contributed by atoms with Crippen molar-refractivity contribution in [3.05, 3.63) is 35.4 Å². The van der Waals surface area contributed by atoms with Crippen LogP contribution in [0.1, 0.15) is 23.7 Å². The van der Waals surface area contributed by atoms with Crippen molar-refractivity contribution in [2.45, 2.75) is 18.2 Å². The van der Waals surface area contributed by atoms with Crippen molar-refractivity contribution in [3.8, 4) is 5.75 Å². The molecular weight excluding hydrogens is 318 g/mol. The van der Waals surface area contributed by atoms with E-state index in [1.165, 1.54) is 12.1 Å². The number of aromatic carboxylic acids is 1. The lowest BCUT2D eigenvalue weighted by Crippen LogP contribution is -2.25. The summed E-state index contributed by atoms with van der Waals surface area (Å²) in [5, 5.41) is 9.27. The molecule has 0 bridgehead atoms. The maximum Gasteiger partial charge on any atom is 0.339 e. The minimum absolute atomic E-state index is 0.125. The minimum Gasteiger partial charge on any atom is -0.493 e. The van der Waals surface area contributed by atoms with Crippen LogP contribution in [0.5, 0.6) is 5.75 Å². The van der Waals surface area contributed by atoms with Crippen LogP contribution >= 0.6 is 11.6 Å². The van der Waals surface area contributed by atoms with Crippen LogP contribution < -0.4 is 9.46 Å². The number of ether oxygens (including phenoxy) is 1. The predicted octanol–water partition coefficient (Wildman–Crippen LogP) is 2.20. The van der Waals surface area contributed by atoms with Crippen LogP contribution in [0.4, 0.5) is 0 Å². The van der Waals surface area contributed by atoms with Crippen LogP contribution in [-0.2, 0) is 10.0 Å². The third kappa shape index (κ3) is 5.04. The molecular formula is C13H16ClNO5S. The molecule has 0 aliphatic carbocycles. The average molecular weight is 334 g/mol. The summed E-state index contributed by atoms with van der Waals surface area (Å²) in [6.45, 7) is 5.45. The molecule has 1 aromatic rings. The highest BCUT2D eigenvalue weighted by atomic mass is 35.5. The maximum atomic E-state index is 12.0. The van der Waals surface area contributed by atoms with Crippen molar-refractivity contribution in [1.82, 2.24) is 4.72 Å². The van der Waals surface area contributed by atoms with Crippen LogP contribution in [0.15, 0.2) is 34.7 Å². The summed E-state index contributed by atoms with van der Waals surface area (Å²) in [7, 11) is -3.86. The number of nitrogens with one attached hydrogen (secondary N) is 1. The van der Waals surface area contributed by atoms with Gasteiger partial charge in [0.1, 0.15) is 11.3 Å². The Morgan fingerprint density at radius 1 is 1.48 bits per heavy atom. The first-order chi connectivity index (χ1) is 9.77. The van der Waals surface area contributed by atoms with Gasteiger partial charge in [-0.25, -0.2) is 17.9 Å². The standard InChI is InChI=1S/C13H16ClNO5S/c1-3-6-20-12-5-4-10(7-11(12)13(16)17)21(18,19)15-8-9(2)14/h4-5,7,15H,2-3,6,8H2,1H3,(H,16,17). The number of sulfonamides is 1. The smallest absolute Gasteiger partial charge is 0.339 e. The zero-order chi connectivity index (χ0) is 16.0. The summed E-state index contributed by atoms with van der Waals surface area (Å²) in [6.07, 6.45) is 0.707. The molecule has 8 heteroatoms. The topological polar surface area (TPSA) is 92.7 Å². The summed E-state index contributed by atoms with van der Waals surface area (Å²) in [6, 6.07) is 3.65. The quantitative estimate of drug-likeness (QED) is 0.760. The van der Waals surface area contributed by atoms with E-state index in [0.717, 1.165) is 6.07 Å². The lowest BCUT2D eigenvalue weighted by Gasteiger charge is -2.11. The average Bonchev–Trinajstić information content (AvgIpc) is 2.42. The Morgan fingerprint density at radius 2 is 2.14 bits per heavy atom. The van der Waals surface area contributed by atoms with E-state index in [9.17, 15) is 13.2 Å². The van der Waals surface area contributed by atoms with Crippen molar-refractivity contribution in [2.24, 2.45) is 0 Å². The Morgan fingerprint density at radius 3 is 2.67 bits per heavy atom. The lowest BCUT2D eigenvalue weighted by molar-refractivity contribution is 0.0692. The second-order valence-corrected chi connectivity index (χ2v) is 6.45. The fraction of sp³-hybridized carbons (Fsp3) is 0.308. The highest BCUT2D eigenvalue weighted by Gasteiger charge is 2.19. The zero-order valence-electron chi connectivity index (χ0n) is 11.4. The molecule has 0 saturated heterocycles. The number of carboxylic acids is 1. The van der Waals surface area contributed by atoms with Crippen molar-refractivity contribution in [1.29, 1.82) is 0 Å². The molecule has 0 aliphatic rings. The summed E-state index contributed by atoms with van der Waals surface area (Å²) in [5.74, 6) is -1.13. The number of hydrogen-bond acceptors (Lipinski definition) is 4. The fourth-order valence-electron chi connectivity index (χ4n) is 1.44. The van der Waals surface area contributed by atoms with Gasteiger partial charge in [-0.15, -0.1) is 0 Å². The zero-order valence-corrected chi connectivity index (χ0v) is 13.0. The molecule has 0 fully saturated rings. The van der Waals surface area contributed by atoms with E-state index in [2.05, 4.69) is 11.3 Å². The van der Waals surface area contributed by atoms with Crippen molar-refractivity contribution in [3.63, 3.8) is 0 Å². The van der Waals surface area contributed by atoms with E-state index >= 15 is 0 Å². The van der Waals surface area contributed by atoms with Crippen LogP contribution in [-0.4, -0.2) is 32.6 Å². The molecule has 1 rings (SSSR count). The molecule has 21 heavy (non-hydrogen) atoms. The second-order valence-electron chi connectivity index (χ2n) is 4.15. The monoisotopic (exact) mass is 333 g/mol. The molecule has 2 N–H and O–H groups in total. The molecule has 1 aromatic carbocycles. The van der Waals surface area contributed by atoms with Gasteiger partial charge in [0.05, 0.1) is 11.5 Å². The van der Waals surface area contributed by atoms with Gasteiger partial charge in [-0.3, -0.25) is 0 Å². The number of carbonyl (C=O) groups is 1. The Labute approximate surface area is 128 Å². The van der Waals surface area contributed by atoms with Crippen molar-refractivity contribution >= 4 is 27.6 Å². The molecule has 0 amide bonds. The third-order valence-corrected chi connectivity index (χ3v) is 3.94. The highest BCUT2D eigenvalue weighted by molar-refractivity contribution is 7.89. The lowest BCUT2D eigenvalue weighted by atomic mass is 10.2. The largest absolute Gasteiger partial charge is 0.493 e. The van der Waals surface area contributed by atoms with Gasteiger partial charge in [-0.2, -0.15) is 0 Å². The first kappa shape index (κ1) is 17.5. The number of carboxylic acid groups (broad SMARTS) is 1. The molecule has 116 valence electrons. The molecule has 6 nitrogen and oxygen atoms in total. The normalized spacial score (nSPS) is 11.1. The highest BCUT2D eigenvalue weighted by Crippen LogP contribution is 2.23. The Hall–Kier alpha value is -1.57. The van der Waals surface area contributed by atoms with Gasteiger partial charge in [0.15, 0.2) is 0 Å². The molecule has 0 saturated carbocycles. The van der Waals surface area contributed by atoms with Gasteiger partial charge < -0.3 is 9.84 Å². The van der Waals surface area contributed by atoms with E-state index in [1.54, 1.807) is 0 Å². The molecule has 0 aromatic heterocycles. The number of halogens is 1. The Bertz CT molecular complexity index is 642. The molecule has 0 radical (unpaired) electrons. The number of benzene rings is 1. The van der Waals surface area contributed by atoms with Crippen molar-refractivity contribution in [2.75, 3.05) is 13.2 Å². The van der Waals surface area contributed by atoms with Gasteiger partial charge in [0.2, 0.25) is 10.0 Å². The SMILES string of the molecule is C=C(Cl)CNS(=O)(=O)c1ccc(OCCC)c(C(=O)O)c1. The van der Waals surface area contributed by atoms with E-state index < -0.39 is 16.0 Å². The first-order valence-corrected chi connectivity index (χ1v) is 7.97. The summed E-state index contributed by atoms with van der Waals surface area (Å²) in [5.41, 5.74) is -0.212. The Balaban J connectivity index is 3.13. The van der Waals surface area contributed by atoms with Crippen LogP contribution in [0.3, 0.4) is 0 Å². The van der Waals surface area contributed by atoms with Crippen LogP contribution in [0.25, 0.3) is 0 Å². The van der Waals surface area contributed by atoms with Gasteiger partial charge in [0, 0.05) is 11.6 Å². The molecule has 0 spiro atoms. The van der Waals surface area contributed by atoms with E-state index in [4.69, 9.17) is 21.4 Å². The van der Waals surface area contributed by atoms with Crippen LogP contribution in [0, 0.1) is 0 Å². The second kappa shape index (κ2) is 7.44. The summed E-state index contributed by atoms with van der Waals surface area (Å²) < 4.78 is 31.5. The Kier molecular flexibility index (Phi) is 6.19. The summed E-state index contributed by atoms with van der Waals surface area (Å²) >= 11 is 5.50. The van der Waals surface area contributed by atoms with Gasteiger partial charge in [0.25, 0.3) is 0 Å². The van der Waals surface area contributed by atoms with E-state index in [0.29, 0.717) is 13.0 Å². The van der Waals surface area contributed by atoms with E-state index in [-0.39, 0.29) is 27.8 Å². The van der Waals surface area contributed by atoms with Gasteiger partial charge >= 0.3 is 5.97 Å². The van der Waals surface area contributed by atoms with Gasteiger partial charge in [-0.1, -0.05) is 25.1 Å². The number of hydrogen-bond donors (Lipinski definition) is 2. The molecule has 0 atom stereocenters. The molecule has 0 heterocycles. The first-order valence-electron chi connectivity index (χ1n) is 6.11. The molecule has 0 unspecified atom stereocenters. The van der Waals surface area contributed by atoms with E-state index in [1.807, 2.05) is 6.92 Å². The number of rotatable bonds is 8. The fourth-order valence-corrected chi connectivity index (χ4v) is 2.64. The maximum absolute atomic E-state index is 12.0.